The third-order valence-corrected chi connectivity index (χ3v) is 13.3. The number of nitrogens with zero attached hydrogens (tertiary/aromatic N) is 6. The fourth-order valence-corrected chi connectivity index (χ4v) is 9.84. The molecule has 2 saturated heterocycles. The zero-order valence-corrected chi connectivity index (χ0v) is 38.8. The van der Waals surface area contributed by atoms with E-state index in [2.05, 4.69) is 25.8 Å². The van der Waals surface area contributed by atoms with Gasteiger partial charge in [0.05, 0.1) is 42.6 Å². The summed E-state index contributed by atoms with van der Waals surface area (Å²) in [5, 5.41) is 9.33. The largest absolute Gasteiger partial charge is 0.488 e. The summed E-state index contributed by atoms with van der Waals surface area (Å²) < 4.78 is 45.6. The number of halogens is 3. The molecule has 0 radical (unpaired) electrons. The topological polar surface area (TPSA) is 180 Å². The molecule has 1 atom stereocenters. The molecule has 4 aromatic rings. The Labute approximate surface area is 387 Å². The zero-order valence-electron chi connectivity index (χ0n) is 38.0. The first-order valence-corrected chi connectivity index (χ1v) is 23.0. The smallest absolute Gasteiger partial charge is 0.293 e. The van der Waals surface area contributed by atoms with Gasteiger partial charge in [0.1, 0.15) is 28.9 Å². The number of anilines is 4. The van der Waals surface area contributed by atoms with E-state index in [1.165, 1.54) is 11.9 Å². The number of carbonyl (C=O) groups excluding carboxylic acids is 4. The number of aldehydes is 1. The van der Waals surface area contributed by atoms with Gasteiger partial charge in [-0.2, -0.15) is 4.98 Å². The Bertz CT molecular complexity index is 2500. The second-order valence-corrected chi connectivity index (χ2v) is 18.0. The number of nitrogens with one attached hydrogen (secondary N) is 3. The Morgan fingerprint density at radius 3 is 2.35 bits per heavy atom. The van der Waals surface area contributed by atoms with E-state index < -0.39 is 29.5 Å². The van der Waals surface area contributed by atoms with Gasteiger partial charge in [0.15, 0.2) is 17.4 Å². The maximum atomic E-state index is 16.0. The van der Waals surface area contributed by atoms with Crippen LogP contribution in [0.5, 0.6) is 5.75 Å². The van der Waals surface area contributed by atoms with E-state index in [1.807, 2.05) is 39.0 Å². The lowest BCUT2D eigenvalue weighted by Crippen LogP contribution is -2.59. The summed E-state index contributed by atoms with van der Waals surface area (Å²) in [6, 6.07) is 7.60. The highest BCUT2D eigenvalue weighted by Crippen LogP contribution is 2.48. The minimum absolute atomic E-state index is 0.0545. The van der Waals surface area contributed by atoms with Crippen LogP contribution in [0.15, 0.2) is 41.3 Å². The molecule has 3 aliphatic heterocycles. The van der Waals surface area contributed by atoms with Gasteiger partial charge in [-0.05, 0) is 96.0 Å². The molecule has 16 nitrogen and oxygen atoms in total. The number of piperidine rings is 1. The molecule has 0 bridgehead atoms. The molecular weight excluding hydrogens is 876 g/mol. The summed E-state index contributed by atoms with van der Waals surface area (Å²) in [4.78, 5) is 73.4. The van der Waals surface area contributed by atoms with Gasteiger partial charge in [0, 0.05) is 74.8 Å². The predicted molar refractivity (Wildman–Crippen MR) is 248 cm³/mol. The molecule has 8 rings (SSSR count). The number of fused-ring (bicyclic) bond motifs is 2. The van der Waals surface area contributed by atoms with Crippen molar-refractivity contribution in [3.8, 4) is 5.75 Å². The Hall–Kier alpha value is -5.88. The molecule has 3 N–H and O–H groups in total. The Balaban J connectivity index is 0.00000156. The number of rotatable bonds is 15. The van der Waals surface area contributed by atoms with Crippen molar-refractivity contribution in [2.75, 3.05) is 62.0 Å². The van der Waals surface area contributed by atoms with Crippen LogP contribution in [0.3, 0.4) is 0 Å². The minimum Gasteiger partial charge on any atom is -0.488 e. The van der Waals surface area contributed by atoms with E-state index in [1.54, 1.807) is 28.8 Å². The van der Waals surface area contributed by atoms with Gasteiger partial charge in [-0.1, -0.05) is 11.6 Å². The lowest BCUT2D eigenvalue weighted by atomic mass is 9.67. The fourth-order valence-electron chi connectivity index (χ4n) is 9.70. The van der Waals surface area contributed by atoms with Crippen molar-refractivity contribution in [3.05, 3.63) is 74.7 Å². The standard InChI is InChI=1S/C45H53ClF2N8O6.C2H5NO/c1-5-61-37-20-27-19-28(8-9-35(27)56(26(2)3)43(37)60)51-40-33(46)22-50-44(52-40)53-16-12-30(13-17-53)62-29-10-14-45(15-11-29)24-54(25-45)39-34(47)21-31-32(38(39)48)23-55(42(31)59)36(7-6-18-57)41(58)49-4;1-3-2-4/h8-9,18-22,26,29-30,36H,5-7,10-17,23-25H2,1-4H3,(H,49,58)(H,50,51,52);2H,1H3,(H,3,4). The Kier molecular flexibility index (Phi) is 15.1. The van der Waals surface area contributed by atoms with Crippen molar-refractivity contribution in [2.24, 2.45) is 5.41 Å². The van der Waals surface area contributed by atoms with Crippen LogP contribution in [-0.4, -0.2) is 109 Å². The van der Waals surface area contributed by atoms with E-state index >= 15 is 8.78 Å². The number of aromatic nitrogens is 3. The molecule has 66 heavy (non-hydrogen) atoms. The average Bonchev–Trinajstić information content (AvgIpc) is 3.62. The van der Waals surface area contributed by atoms with Crippen molar-refractivity contribution >= 4 is 70.2 Å². The minimum atomic E-state index is -0.962. The summed E-state index contributed by atoms with van der Waals surface area (Å²) in [5.41, 5.74) is 1.20. The highest BCUT2D eigenvalue weighted by atomic mass is 35.5. The van der Waals surface area contributed by atoms with E-state index in [0.29, 0.717) is 68.0 Å². The van der Waals surface area contributed by atoms with Gasteiger partial charge in [0.2, 0.25) is 18.3 Å². The second-order valence-electron chi connectivity index (χ2n) is 17.6. The summed E-state index contributed by atoms with van der Waals surface area (Å²) in [7, 11) is 2.99. The first-order valence-electron chi connectivity index (χ1n) is 22.6. The molecular formula is C47H58ClF2N9O7. The molecule has 5 heterocycles. The number of pyridine rings is 1. The lowest BCUT2D eigenvalue weighted by Gasteiger charge is -2.54. The Morgan fingerprint density at radius 1 is 1.02 bits per heavy atom. The second kappa shape index (κ2) is 20.7. The quantitative estimate of drug-likeness (QED) is 0.114. The fraction of sp³-hybridized carbons (Fsp3) is 0.511. The molecule has 3 fully saturated rings. The summed E-state index contributed by atoms with van der Waals surface area (Å²) in [6.07, 6.45) is 8.35. The van der Waals surface area contributed by atoms with Crippen molar-refractivity contribution in [2.45, 2.75) is 103 Å². The van der Waals surface area contributed by atoms with Crippen LogP contribution in [0.4, 0.5) is 31.9 Å². The van der Waals surface area contributed by atoms with Crippen LogP contribution >= 0.6 is 11.6 Å². The molecule has 19 heteroatoms. The molecule has 1 aliphatic carbocycles. The first-order chi connectivity index (χ1) is 31.7. The normalized spacial score (nSPS) is 17.5. The van der Waals surface area contributed by atoms with E-state index in [0.717, 1.165) is 61.2 Å². The molecule has 1 saturated carbocycles. The average molecular weight is 934 g/mol. The SMILES string of the molecule is CCOc1cc2cc(Nc3nc(N4CCC(OC5CCC6(CC5)CN(c5c(F)cc7c(c5F)CN(C(CCC=O)C(=O)NC)C7=O)C6)CC4)ncc3Cl)ccc2n(C(C)C)c1=O.CNC=O. The molecule has 1 unspecified atom stereocenters. The van der Waals surface area contributed by atoms with Crippen LogP contribution in [0.1, 0.15) is 94.1 Å². The lowest BCUT2D eigenvalue weighted by molar-refractivity contribution is -0.125. The van der Waals surface area contributed by atoms with Gasteiger partial charge in [-0.3, -0.25) is 19.2 Å². The number of ether oxygens (including phenoxy) is 2. The number of benzene rings is 2. The third-order valence-electron chi connectivity index (χ3n) is 13.0. The van der Waals surface area contributed by atoms with Gasteiger partial charge in [-0.25, -0.2) is 13.8 Å². The molecule has 4 aliphatic rings. The summed E-state index contributed by atoms with van der Waals surface area (Å²) in [5.74, 6) is -1.29. The summed E-state index contributed by atoms with van der Waals surface area (Å²) >= 11 is 6.58. The number of hydrogen-bond donors (Lipinski definition) is 3. The molecule has 2 aromatic heterocycles. The van der Waals surface area contributed by atoms with E-state index in [9.17, 15) is 19.2 Å². The molecule has 3 amide bonds. The van der Waals surface area contributed by atoms with E-state index in [4.69, 9.17) is 30.9 Å². The number of carbonyl (C=O) groups is 4. The third kappa shape index (κ3) is 9.94. The number of amides is 3. The van der Waals surface area contributed by atoms with Crippen LogP contribution in [0.25, 0.3) is 10.9 Å². The van der Waals surface area contributed by atoms with Crippen LogP contribution in [-0.2, 0) is 25.7 Å². The highest BCUT2D eigenvalue weighted by molar-refractivity contribution is 6.33. The maximum Gasteiger partial charge on any atom is 0.293 e. The van der Waals surface area contributed by atoms with E-state index in [-0.39, 0.29) is 65.4 Å². The summed E-state index contributed by atoms with van der Waals surface area (Å²) in [6.45, 7) is 8.46. The van der Waals surface area contributed by atoms with Crippen molar-refractivity contribution < 1.29 is 37.4 Å². The van der Waals surface area contributed by atoms with Crippen LogP contribution in [0.2, 0.25) is 5.02 Å². The Morgan fingerprint density at radius 2 is 1.71 bits per heavy atom. The van der Waals surface area contributed by atoms with Crippen LogP contribution < -0.4 is 36.0 Å². The molecule has 2 aromatic carbocycles. The highest BCUT2D eigenvalue weighted by Gasteiger charge is 2.48. The van der Waals surface area contributed by atoms with Gasteiger partial charge < -0.3 is 49.5 Å². The first kappa shape index (κ1) is 48.1. The maximum absolute atomic E-state index is 16.0. The van der Waals surface area contributed by atoms with Crippen molar-refractivity contribution in [1.29, 1.82) is 0 Å². The number of likely N-dealkylation sites (N-methyl/N-ethyl adjacent to an activating group) is 1. The van der Waals surface area contributed by atoms with Crippen LogP contribution in [0, 0.1) is 17.0 Å². The predicted octanol–water partition coefficient (Wildman–Crippen LogP) is 6.29. The molecule has 354 valence electrons. The monoisotopic (exact) mass is 933 g/mol. The van der Waals surface area contributed by atoms with Crippen molar-refractivity contribution in [3.63, 3.8) is 0 Å². The van der Waals surface area contributed by atoms with Gasteiger partial charge in [0.25, 0.3) is 11.5 Å². The zero-order chi connectivity index (χ0) is 47.3. The van der Waals surface area contributed by atoms with Gasteiger partial charge in [-0.15, -0.1) is 0 Å². The van der Waals surface area contributed by atoms with Crippen molar-refractivity contribution in [1.82, 2.24) is 30.1 Å². The number of hydrogen-bond acceptors (Lipinski definition) is 12. The molecule has 1 spiro atoms. The van der Waals surface area contributed by atoms with Gasteiger partial charge >= 0.3 is 0 Å².